The van der Waals surface area contributed by atoms with Crippen LogP contribution in [0.3, 0.4) is 0 Å². The molecule has 264 valence electrons. The summed E-state index contributed by atoms with van der Waals surface area (Å²) in [6, 6.07) is 22.7. The molecule has 11 heteroatoms. The number of ether oxygens (including phenoxy) is 4. The predicted molar refractivity (Wildman–Crippen MR) is 197 cm³/mol. The minimum absolute atomic E-state index is 0.345. The van der Waals surface area contributed by atoms with Gasteiger partial charge in [0.1, 0.15) is 0 Å². The molecule has 2 aromatic carbocycles. The van der Waals surface area contributed by atoms with Crippen LogP contribution in [0.15, 0.2) is 85.2 Å². The Balaban J connectivity index is 0.000000192. The summed E-state index contributed by atoms with van der Waals surface area (Å²) in [6.45, 7) is 8.36. The number of benzene rings is 2. The van der Waals surface area contributed by atoms with Crippen molar-refractivity contribution in [2.75, 3.05) is 79.9 Å². The number of morpholine rings is 2. The number of rotatable bonds is 6. The van der Waals surface area contributed by atoms with Gasteiger partial charge in [-0.1, -0.05) is 90.0 Å². The van der Waals surface area contributed by atoms with E-state index in [1.807, 2.05) is 60.7 Å². The number of hydrogen-bond donors (Lipinski definition) is 0. The molecule has 2 aliphatic heterocycles. The number of pyridine rings is 2. The maximum absolute atomic E-state index is 11.8. The number of carbonyl (C=O) groups excluding carboxylic acids is 2. The number of nitrogens with zero attached hydrogens (tertiary/aromatic N) is 4. The summed E-state index contributed by atoms with van der Waals surface area (Å²) in [4.78, 5) is 36.2. The van der Waals surface area contributed by atoms with Gasteiger partial charge in [-0.2, -0.15) is 0 Å². The van der Waals surface area contributed by atoms with Crippen LogP contribution in [0, 0.1) is 24.2 Å². The quantitative estimate of drug-likeness (QED) is 0.192. The van der Waals surface area contributed by atoms with E-state index in [1.165, 1.54) is 26.6 Å². The highest BCUT2D eigenvalue weighted by atomic mass is 35.5. The lowest BCUT2D eigenvalue weighted by Crippen LogP contribution is -2.36. The molecule has 0 spiro atoms. The number of aromatic nitrogens is 2. The topological polar surface area (TPSA) is 103 Å². The molecule has 0 saturated carbocycles. The summed E-state index contributed by atoms with van der Waals surface area (Å²) < 4.78 is 19.9. The molecule has 0 amide bonds. The molecule has 2 aromatic heterocycles. The van der Waals surface area contributed by atoms with E-state index in [0.29, 0.717) is 28.4 Å². The summed E-state index contributed by atoms with van der Waals surface area (Å²) in [7, 11) is 2.68. The van der Waals surface area contributed by atoms with E-state index in [2.05, 4.69) is 42.3 Å². The van der Waals surface area contributed by atoms with Gasteiger partial charge >= 0.3 is 11.9 Å². The van der Waals surface area contributed by atoms with Gasteiger partial charge in [-0.25, -0.2) is 9.59 Å². The summed E-state index contributed by atoms with van der Waals surface area (Å²) in [6.07, 6.45) is 8.11. The number of hydrogen-bond acceptors (Lipinski definition) is 10. The zero-order valence-electron chi connectivity index (χ0n) is 28.8. The van der Waals surface area contributed by atoms with Crippen LogP contribution in [-0.4, -0.2) is 112 Å². The molecule has 4 aromatic rings. The first kappa shape index (κ1) is 38.7. The van der Waals surface area contributed by atoms with Crippen molar-refractivity contribution in [1.29, 1.82) is 0 Å². The average Bonchev–Trinajstić information content (AvgIpc) is 3.19. The molecule has 0 bridgehead atoms. The van der Waals surface area contributed by atoms with E-state index in [-0.39, 0.29) is 0 Å². The Morgan fingerprint density at radius 2 is 1.22 bits per heavy atom. The van der Waals surface area contributed by atoms with Crippen molar-refractivity contribution in [1.82, 2.24) is 19.8 Å². The van der Waals surface area contributed by atoms with Gasteiger partial charge in [0.05, 0.1) is 86.8 Å². The van der Waals surface area contributed by atoms with E-state index in [1.54, 1.807) is 12.1 Å². The third-order valence-corrected chi connectivity index (χ3v) is 8.00. The van der Waals surface area contributed by atoms with Crippen molar-refractivity contribution >= 4 is 23.5 Å². The van der Waals surface area contributed by atoms with Crippen LogP contribution < -0.4 is 0 Å². The second-order valence-electron chi connectivity index (χ2n) is 11.2. The fraction of sp³-hybridized carbons (Fsp3) is 0.300. The maximum Gasteiger partial charge on any atom is 0.339 e. The summed E-state index contributed by atoms with van der Waals surface area (Å²) in [5.41, 5.74) is 4.77. The van der Waals surface area contributed by atoms with E-state index < -0.39 is 11.9 Å². The molecule has 4 heterocycles. The van der Waals surface area contributed by atoms with Gasteiger partial charge in [-0.05, 0) is 12.1 Å². The molecular weight excluding hydrogens is 668 g/mol. The van der Waals surface area contributed by atoms with Gasteiger partial charge in [0.25, 0.3) is 0 Å². The van der Waals surface area contributed by atoms with Gasteiger partial charge in [-0.3, -0.25) is 19.8 Å². The second kappa shape index (κ2) is 21.2. The lowest BCUT2D eigenvalue weighted by atomic mass is 10.0. The average molecular weight is 709 g/mol. The number of methoxy groups -OCH3 is 2. The minimum Gasteiger partial charge on any atom is -0.465 e. The third-order valence-electron chi connectivity index (χ3n) is 7.71. The normalized spacial score (nSPS) is 14.2. The van der Waals surface area contributed by atoms with Gasteiger partial charge in [0.15, 0.2) is 0 Å². The van der Waals surface area contributed by atoms with Crippen LogP contribution in [-0.2, 0) is 18.9 Å². The molecule has 51 heavy (non-hydrogen) atoms. The Bertz CT molecular complexity index is 1810. The largest absolute Gasteiger partial charge is 0.465 e. The highest BCUT2D eigenvalue weighted by molar-refractivity contribution is 6.33. The first-order valence-electron chi connectivity index (χ1n) is 16.4. The highest BCUT2D eigenvalue weighted by Gasteiger charge is 2.13. The fourth-order valence-electron chi connectivity index (χ4n) is 4.99. The van der Waals surface area contributed by atoms with Crippen molar-refractivity contribution in [2.24, 2.45) is 0 Å². The zero-order valence-corrected chi connectivity index (χ0v) is 29.6. The van der Waals surface area contributed by atoms with Crippen molar-refractivity contribution in [2.45, 2.75) is 0 Å². The molecule has 0 aliphatic carbocycles. The maximum atomic E-state index is 11.8. The summed E-state index contributed by atoms with van der Waals surface area (Å²) in [5.74, 6) is 8.12. The van der Waals surface area contributed by atoms with E-state index >= 15 is 0 Å². The minimum atomic E-state index is -0.445. The lowest BCUT2D eigenvalue weighted by Gasteiger charge is -2.24. The molecule has 0 N–H and O–H groups in total. The Labute approximate surface area is 304 Å². The predicted octanol–water partition coefficient (Wildman–Crippen LogP) is 5.36. The molecule has 0 atom stereocenters. The van der Waals surface area contributed by atoms with Crippen LogP contribution in [0.1, 0.15) is 26.3 Å². The van der Waals surface area contributed by atoms with Gasteiger partial charge in [0.2, 0.25) is 0 Å². The van der Waals surface area contributed by atoms with E-state index in [4.69, 9.17) is 32.2 Å². The van der Waals surface area contributed by atoms with Crippen LogP contribution in [0.25, 0.3) is 22.5 Å². The number of carbonyl (C=O) groups is 2. The SMILES string of the molecule is C#CCN1CCOCC1.COC(=O)c1cnc(-c2ccccc2)c(C#CCN2CCOCC2)c1.COC(=O)c1cnc(-c2ccccc2)c(Cl)c1. The van der Waals surface area contributed by atoms with Crippen molar-refractivity contribution in [3.63, 3.8) is 0 Å². The Hall–Kier alpha value is -5.07. The van der Waals surface area contributed by atoms with Gasteiger partial charge in [0, 0.05) is 49.7 Å². The van der Waals surface area contributed by atoms with Crippen LogP contribution in [0.4, 0.5) is 0 Å². The summed E-state index contributed by atoms with van der Waals surface area (Å²) in [5, 5.41) is 0.430. The molecule has 2 aliphatic rings. The molecule has 2 saturated heterocycles. The Morgan fingerprint density at radius 3 is 1.71 bits per heavy atom. The molecule has 6 rings (SSSR count). The first-order valence-corrected chi connectivity index (χ1v) is 16.8. The fourth-order valence-corrected chi connectivity index (χ4v) is 5.26. The highest BCUT2D eigenvalue weighted by Crippen LogP contribution is 2.26. The van der Waals surface area contributed by atoms with Crippen molar-refractivity contribution < 1.29 is 28.5 Å². The van der Waals surface area contributed by atoms with Crippen molar-refractivity contribution in [3.05, 3.63) is 107 Å². The molecule has 2 fully saturated rings. The number of halogens is 1. The smallest absolute Gasteiger partial charge is 0.339 e. The van der Waals surface area contributed by atoms with E-state index in [9.17, 15) is 9.59 Å². The Kier molecular flexibility index (Phi) is 16.1. The lowest BCUT2D eigenvalue weighted by molar-refractivity contribution is 0.0443. The molecule has 10 nitrogen and oxygen atoms in total. The molecular formula is C40H41ClN4O6. The molecule has 0 unspecified atom stereocenters. The van der Waals surface area contributed by atoms with Crippen LogP contribution >= 0.6 is 11.6 Å². The number of terminal acetylenes is 1. The third kappa shape index (κ3) is 12.3. The standard InChI is InChI=1S/C20H20N2O3.C13H10ClNO2.C7H11NO/c1-24-20(23)18-14-17(8-5-9-22-10-12-25-13-11-22)19(21-15-18)16-6-3-2-4-7-16;1-17-13(16)10-7-11(14)12(15-8-10)9-5-3-2-4-6-9;1-2-3-8-4-6-9-7-5-8/h2-4,6-7,14-15H,9-13H2,1H3;2-8H,1H3;1H,3-7H2. The molecule has 0 radical (unpaired) electrons. The second-order valence-corrected chi connectivity index (χ2v) is 11.6. The van der Waals surface area contributed by atoms with Crippen LogP contribution in [0.2, 0.25) is 5.02 Å². The van der Waals surface area contributed by atoms with E-state index in [0.717, 1.165) is 81.5 Å². The summed E-state index contributed by atoms with van der Waals surface area (Å²) >= 11 is 6.09. The number of esters is 2. The zero-order chi connectivity index (χ0) is 36.3. The van der Waals surface area contributed by atoms with Gasteiger partial charge in [-0.15, -0.1) is 6.42 Å². The van der Waals surface area contributed by atoms with Gasteiger partial charge < -0.3 is 18.9 Å². The monoisotopic (exact) mass is 708 g/mol. The Morgan fingerprint density at radius 1 is 0.745 bits per heavy atom. The van der Waals surface area contributed by atoms with Crippen molar-refractivity contribution in [3.8, 4) is 46.7 Å². The first-order chi connectivity index (χ1) is 24.9. The van der Waals surface area contributed by atoms with Crippen LogP contribution in [0.5, 0.6) is 0 Å².